The predicted molar refractivity (Wildman–Crippen MR) is 58.9 cm³/mol. The molecule has 0 aliphatic heterocycles. The van der Waals surface area contributed by atoms with Gasteiger partial charge >= 0.3 is 0 Å². The predicted octanol–water partition coefficient (Wildman–Crippen LogP) is 1.50. The van der Waals surface area contributed by atoms with Crippen LogP contribution >= 0.6 is 0 Å². The van der Waals surface area contributed by atoms with Gasteiger partial charge in [0.15, 0.2) is 0 Å². The van der Waals surface area contributed by atoms with Gasteiger partial charge in [0, 0.05) is 0 Å². The van der Waals surface area contributed by atoms with E-state index in [1.807, 2.05) is 0 Å². The monoisotopic (exact) mass is 229 g/mol. The first-order valence-electron chi connectivity index (χ1n) is 5.98. The van der Waals surface area contributed by atoms with Crippen molar-refractivity contribution in [3.05, 3.63) is 0 Å². The molecule has 0 atom stereocenters. The van der Waals surface area contributed by atoms with E-state index in [-0.39, 0.29) is 0 Å². The number of rotatable bonds is 2. The largest absolute Gasteiger partial charge is 0.218 e. The smallest absolute Gasteiger partial charge is 0.217 e. The van der Waals surface area contributed by atoms with Crippen molar-refractivity contribution in [1.82, 2.24) is 4.72 Å². The van der Waals surface area contributed by atoms with Crippen molar-refractivity contribution >= 4 is 10.0 Å². The minimum atomic E-state index is -3.07. The molecule has 3 nitrogen and oxygen atoms in total. The van der Waals surface area contributed by atoms with Crippen LogP contribution in [0.1, 0.15) is 38.5 Å². The van der Waals surface area contributed by atoms with Crippen LogP contribution in [-0.2, 0) is 10.0 Å². The number of hydrogen-bond donors (Lipinski definition) is 1. The first-order chi connectivity index (χ1) is 7.05. The molecule has 4 rings (SSSR count). The lowest BCUT2D eigenvalue weighted by Gasteiger charge is -2.55. The molecule has 86 valence electrons. The lowest BCUT2D eigenvalue weighted by molar-refractivity contribution is 0.0334. The molecule has 0 amide bonds. The van der Waals surface area contributed by atoms with E-state index in [0.717, 1.165) is 19.3 Å². The van der Waals surface area contributed by atoms with E-state index in [4.69, 9.17) is 0 Å². The summed E-state index contributed by atoms with van der Waals surface area (Å²) in [6.07, 6.45) is 6.63. The average Bonchev–Trinajstić information content (AvgIpc) is 2.15. The highest BCUT2D eigenvalue weighted by molar-refractivity contribution is 7.90. The van der Waals surface area contributed by atoms with E-state index in [1.54, 1.807) is 7.05 Å². The lowest BCUT2D eigenvalue weighted by atomic mass is 9.56. The van der Waals surface area contributed by atoms with Gasteiger partial charge in [-0.25, -0.2) is 13.1 Å². The van der Waals surface area contributed by atoms with E-state index in [1.165, 1.54) is 19.3 Å². The van der Waals surface area contributed by atoms with Gasteiger partial charge in [-0.15, -0.1) is 0 Å². The van der Waals surface area contributed by atoms with Crippen LogP contribution in [0.2, 0.25) is 0 Å². The molecular weight excluding hydrogens is 210 g/mol. The highest BCUT2D eigenvalue weighted by Gasteiger charge is 2.56. The van der Waals surface area contributed by atoms with Gasteiger partial charge < -0.3 is 0 Å². The summed E-state index contributed by atoms with van der Waals surface area (Å²) in [6, 6.07) is 0. The quantitative estimate of drug-likeness (QED) is 0.780. The Kier molecular flexibility index (Phi) is 2.00. The summed E-state index contributed by atoms with van der Waals surface area (Å²) in [5.41, 5.74) is 0. The summed E-state index contributed by atoms with van der Waals surface area (Å²) in [7, 11) is -1.50. The van der Waals surface area contributed by atoms with E-state index in [0.29, 0.717) is 17.8 Å². The van der Waals surface area contributed by atoms with Gasteiger partial charge in [-0.3, -0.25) is 0 Å². The van der Waals surface area contributed by atoms with Crippen molar-refractivity contribution < 1.29 is 8.42 Å². The van der Waals surface area contributed by atoms with E-state index >= 15 is 0 Å². The van der Waals surface area contributed by atoms with Crippen LogP contribution in [0.25, 0.3) is 0 Å². The van der Waals surface area contributed by atoms with E-state index in [9.17, 15) is 8.42 Å². The summed E-state index contributed by atoms with van der Waals surface area (Å²) in [4.78, 5) is 0. The molecule has 15 heavy (non-hydrogen) atoms. The van der Waals surface area contributed by atoms with Crippen LogP contribution in [0.3, 0.4) is 0 Å². The van der Waals surface area contributed by atoms with Crippen molar-refractivity contribution in [3.63, 3.8) is 0 Å². The van der Waals surface area contributed by atoms with Crippen LogP contribution in [-0.4, -0.2) is 20.2 Å². The number of hydrogen-bond acceptors (Lipinski definition) is 2. The highest BCUT2D eigenvalue weighted by Crippen LogP contribution is 2.58. The molecule has 4 aliphatic rings. The van der Waals surface area contributed by atoms with Gasteiger partial charge in [0.1, 0.15) is 0 Å². The fourth-order valence-electron chi connectivity index (χ4n) is 4.58. The molecule has 0 heterocycles. The van der Waals surface area contributed by atoms with Crippen molar-refractivity contribution in [3.8, 4) is 0 Å². The Morgan fingerprint density at radius 3 is 1.73 bits per heavy atom. The van der Waals surface area contributed by atoms with E-state index < -0.39 is 14.8 Å². The first kappa shape index (κ1) is 10.1. The summed E-state index contributed by atoms with van der Waals surface area (Å²) in [5, 5.41) is 0. The standard InChI is InChI=1S/C11H19NO2S/c1-12-15(13,14)11-5-8-2-9(6-11)4-10(3-8)7-11/h8-10,12H,2-7H2,1H3. The Morgan fingerprint density at radius 2 is 1.40 bits per heavy atom. The molecule has 0 aromatic carbocycles. The van der Waals surface area contributed by atoms with Gasteiger partial charge in [-0.05, 0) is 63.3 Å². The highest BCUT2D eigenvalue weighted by atomic mass is 32.2. The molecule has 4 saturated carbocycles. The van der Waals surface area contributed by atoms with Crippen molar-refractivity contribution in [1.29, 1.82) is 0 Å². The lowest BCUT2D eigenvalue weighted by Crippen LogP contribution is -2.57. The maximum atomic E-state index is 12.1. The van der Waals surface area contributed by atoms with Crippen molar-refractivity contribution in [2.45, 2.75) is 43.3 Å². The second kappa shape index (κ2) is 2.98. The normalized spacial score (nSPS) is 48.5. The summed E-state index contributed by atoms with van der Waals surface area (Å²) >= 11 is 0. The molecule has 0 radical (unpaired) electrons. The van der Waals surface area contributed by atoms with Gasteiger partial charge in [-0.1, -0.05) is 0 Å². The third-order valence-electron chi connectivity index (χ3n) is 4.82. The molecule has 1 N–H and O–H groups in total. The zero-order valence-electron chi connectivity index (χ0n) is 9.20. The van der Waals surface area contributed by atoms with Gasteiger partial charge in [0.2, 0.25) is 10.0 Å². The Hall–Kier alpha value is -0.0900. The average molecular weight is 229 g/mol. The molecule has 0 saturated heterocycles. The Balaban J connectivity index is 2.00. The molecule has 0 spiro atoms. The zero-order chi connectivity index (χ0) is 10.7. The van der Waals surface area contributed by atoms with E-state index in [2.05, 4.69) is 4.72 Å². The zero-order valence-corrected chi connectivity index (χ0v) is 10.0. The first-order valence-corrected chi connectivity index (χ1v) is 7.46. The second-order valence-corrected chi connectivity index (χ2v) is 8.09. The fourth-order valence-corrected chi connectivity index (χ4v) is 6.38. The third-order valence-corrected chi connectivity index (χ3v) is 7.00. The Bertz CT molecular complexity index is 339. The summed E-state index contributed by atoms with van der Waals surface area (Å²) in [6.45, 7) is 0. The third kappa shape index (κ3) is 1.30. The molecule has 4 heteroatoms. The molecule has 0 aromatic heterocycles. The van der Waals surface area contributed by atoms with Crippen LogP contribution in [0.15, 0.2) is 0 Å². The van der Waals surface area contributed by atoms with Crippen LogP contribution in [0, 0.1) is 17.8 Å². The van der Waals surface area contributed by atoms with Crippen molar-refractivity contribution in [2.24, 2.45) is 17.8 Å². The minimum absolute atomic E-state index is 0.392. The maximum absolute atomic E-state index is 12.1. The maximum Gasteiger partial charge on any atom is 0.217 e. The number of nitrogens with one attached hydrogen (secondary N) is 1. The topological polar surface area (TPSA) is 46.2 Å². The molecule has 4 fully saturated rings. The van der Waals surface area contributed by atoms with Crippen LogP contribution < -0.4 is 4.72 Å². The SMILES string of the molecule is CNS(=O)(=O)C12CC3CC(CC(C3)C1)C2. The summed E-state index contributed by atoms with van der Waals surface area (Å²) < 4.78 is 26.5. The molecular formula is C11H19NO2S. The molecule has 4 aliphatic carbocycles. The molecule has 4 bridgehead atoms. The van der Waals surface area contributed by atoms with Crippen LogP contribution in [0.4, 0.5) is 0 Å². The van der Waals surface area contributed by atoms with Crippen molar-refractivity contribution in [2.75, 3.05) is 7.05 Å². The Morgan fingerprint density at radius 1 is 1.00 bits per heavy atom. The summed E-state index contributed by atoms with van der Waals surface area (Å²) in [5.74, 6) is 2.08. The molecule has 0 aromatic rings. The molecule has 0 unspecified atom stereocenters. The number of sulfonamides is 1. The minimum Gasteiger partial charge on any atom is -0.218 e. The van der Waals surface area contributed by atoms with Gasteiger partial charge in [-0.2, -0.15) is 0 Å². The fraction of sp³-hybridized carbons (Fsp3) is 1.00. The second-order valence-electron chi connectivity index (χ2n) is 5.81. The van der Waals surface area contributed by atoms with Gasteiger partial charge in [0.05, 0.1) is 4.75 Å². The Labute approximate surface area is 91.7 Å². The van der Waals surface area contributed by atoms with Gasteiger partial charge in [0.25, 0.3) is 0 Å². The van der Waals surface area contributed by atoms with Crippen LogP contribution in [0.5, 0.6) is 0 Å².